The van der Waals surface area contributed by atoms with Crippen LogP contribution in [0.25, 0.3) is 0 Å². The first-order valence-corrected chi connectivity index (χ1v) is 6.93. The molecule has 0 radical (unpaired) electrons. The van der Waals surface area contributed by atoms with Gasteiger partial charge in [0.25, 0.3) is 5.91 Å². The second-order valence-electron chi connectivity index (χ2n) is 5.77. The molecule has 2 rings (SSSR count). The fourth-order valence-corrected chi connectivity index (χ4v) is 2.32. The van der Waals surface area contributed by atoms with Gasteiger partial charge in [0.15, 0.2) is 6.10 Å². The zero-order valence-electron chi connectivity index (χ0n) is 12.6. The monoisotopic (exact) mass is 277 g/mol. The van der Waals surface area contributed by atoms with Gasteiger partial charge >= 0.3 is 0 Å². The maximum absolute atomic E-state index is 12.6. The Labute approximate surface area is 120 Å². The Bertz CT molecular complexity index is 500. The molecule has 0 fully saturated rings. The van der Waals surface area contributed by atoms with Crippen LogP contribution in [0.5, 0.6) is 5.75 Å². The van der Waals surface area contributed by atoms with Gasteiger partial charge in [0.05, 0.1) is 5.69 Å². The van der Waals surface area contributed by atoms with Gasteiger partial charge < -0.3 is 20.3 Å². The van der Waals surface area contributed by atoms with Crippen LogP contribution in [0, 0.1) is 5.92 Å². The molecule has 0 saturated heterocycles. The minimum absolute atomic E-state index is 0.00718. The highest BCUT2D eigenvalue weighted by Gasteiger charge is 2.37. The molecule has 1 aliphatic rings. The summed E-state index contributed by atoms with van der Waals surface area (Å²) in [6.45, 7) is 5.37. The van der Waals surface area contributed by atoms with Gasteiger partial charge in [-0.05, 0) is 32.1 Å². The number of nitrogen functional groups attached to an aromatic ring is 1. The van der Waals surface area contributed by atoms with Gasteiger partial charge in [-0.1, -0.05) is 19.9 Å². The Balaban J connectivity index is 2.38. The Morgan fingerprint density at radius 1 is 1.40 bits per heavy atom. The molecule has 1 heterocycles. The van der Waals surface area contributed by atoms with Crippen molar-refractivity contribution in [2.75, 3.05) is 37.8 Å². The van der Waals surface area contributed by atoms with Crippen LogP contribution in [0.4, 0.5) is 11.4 Å². The summed E-state index contributed by atoms with van der Waals surface area (Å²) in [5.74, 6) is 0.813. The molecular weight excluding hydrogens is 254 g/mol. The fraction of sp³-hybridized carbons (Fsp3) is 0.533. The third-order valence-electron chi connectivity index (χ3n) is 3.44. The minimum Gasteiger partial charge on any atom is -0.478 e. The van der Waals surface area contributed by atoms with E-state index in [1.807, 2.05) is 45.0 Å². The molecule has 110 valence electrons. The Kier molecular flexibility index (Phi) is 4.18. The fourth-order valence-electron chi connectivity index (χ4n) is 2.32. The van der Waals surface area contributed by atoms with E-state index < -0.39 is 6.10 Å². The molecule has 5 heteroatoms. The number of fused-ring (bicyclic) bond motifs is 1. The normalized spacial score (nSPS) is 18.4. The highest BCUT2D eigenvalue weighted by atomic mass is 16.5. The molecule has 1 aromatic carbocycles. The van der Waals surface area contributed by atoms with Crippen LogP contribution in [-0.2, 0) is 4.79 Å². The van der Waals surface area contributed by atoms with Gasteiger partial charge in [0.2, 0.25) is 0 Å². The Morgan fingerprint density at radius 3 is 2.70 bits per heavy atom. The average Bonchev–Trinajstić information content (AvgIpc) is 2.37. The summed E-state index contributed by atoms with van der Waals surface area (Å²) in [7, 11) is 3.97. The van der Waals surface area contributed by atoms with Crippen LogP contribution in [0.2, 0.25) is 0 Å². The van der Waals surface area contributed by atoms with Crippen molar-refractivity contribution in [3.8, 4) is 5.75 Å². The molecular formula is C15H23N3O2. The molecule has 1 atom stereocenters. The van der Waals surface area contributed by atoms with Gasteiger partial charge in [-0.2, -0.15) is 0 Å². The summed E-state index contributed by atoms with van der Waals surface area (Å²) < 4.78 is 5.84. The predicted octanol–water partition coefficient (Wildman–Crippen LogP) is 1.58. The number of carbonyl (C=O) groups excluding carboxylic acids is 1. The first-order chi connectivity index (χ1) is 9.41. The van der Waals surface area contributed by atoms with Crippen LogP contribution in [-0.4, -0.2) is 44.1 Å². The van der Waals surface area contributed by atoms with Gasteiger partial charge in [-0.3, -0.25) is 4.79 Å². The SMILES string of the molecule is CC(C)C1Oc2cccc(N)c2N(CCN(C)C)C1=O. The minimum atomic E-state index is -0.438. The molecule has 0 spiro atoms. The lowest BCUT2D eigenvalue weighted by Crippen LogP contribution is -2.50. The van der Waals surface area contributed by atoms with E-state index in [9.17, 15) is 4.79 Å². The van der Waals surface area contributed by atoms with Gasteiger partial charge in [-0.15, -0.1) is 0 Å². The van der Waals surface area contributed by atoms with Crippen molar-refractivity contribution < 1.29 is 9.53 Å². The lowest BCUT2D eigenvalue weighted by atomic mass is 10.0. The highest BCUT2D eigenvalue weighted by Crippen LogP contribution is 2.39. The zero-order valence-corrected chi connectivity index (χ0v) is 12.6. The second kappa shape index (κ2) is 5.71. The molecule has 1 unspecified atom stereocenters. The van der Waals surface area contributed by atoms with E-state index in [4.69, 9.17) is 10.5 Å². The van der Waals surface area contributed by atoms with Crippen LogP contribution < -0.4 is 15.4 Å². The molecule has 1 aromatic rings. The number of hydrogen-bond donors (Lipinski definition) is 1. The maximum atomic E-state index is 12.6. The number of carbonyl (C=O) groups is 1. The summed E-state index contributed by atoms with van der Waals surface area (Å²) in [6.07, 6.45) is -0.438. The third kappa shape index (κ3) is 2.72. The second-order valence-corrected chi connectivity index (χ2v) is 5.77. The quantitative estimate of drug-likeness (QED) is 0.849. The van der Waals surface area contributed by atoms with E-state index >= 15 is 0 Å². The van der Waals surface area contributed by atoms with E-state index in [1.54, 1.807) is 11.0 Å². The van der Waals surface area contributed by atoms with E-state index in [1.165, 1.54) is 0 Å². The van der Waals surface area contributed by atoms with Crippen molar-refractivity contribution in [1.29, 1.82) is 0 Å². The standard InChI is InChI=1S/C15H23N3O2/c1-10(2)14-15(19)18(9-8-17(3)4)13-11(16)6-5-7-12(13)20-14/h5-7,10,14H,8-9,16H2,1-4H3. The number of benzene rings is 1. The maximum Gasteiger partial charge on any atom is 0.268 e. The van der Waals surface area contributed by atoms with Crippen molar-refractivity contribution in [3.63, 3.8) is 0 Å². The number of nitrogens with two attached hydrogens (primary N) is 1. The predicted molar refractivity (Wildman–Crippen MR) is 81.0 cm³/mol. The molecule has 0 aliphatic carbocycles. The van der Waals surface area contributed by atoms with E-state index in [-0.39, 0.29) is 11.8 Å². The summed E-state index contributed by atoms with van der Waals surface area (Å²) in [5.41, 5.74) is 7.32. The smallest absolute Gasteiger partial charge is 0.268 e. The molecule has 5 nitrogen and oxygen atoms in total. The van der Waals surface area contributed by atoms with E-state index in [2.05, 4.69) is 0 Å². The number of nitrogens with zero attached hydrogens (tertiary/aromatic N) is 2. The Morgan fingerprint density at radius 2 is 2.10 bits per heavy atom. The number of rotatable bonds is 4. The van der Waals surface area contributed by atoms with Gasteiger partial charge in [0.1, 0.15) is 11.4 Å². The van der Waals surface area contributed by atoms with Crippen molar-refractivity contribution in [2.24, 2.45) is 5.92 Å². The van der Waals surface area contributed by atoms with Crippen molar-refractivity contribution in [3.05, 3.63) is 18.2 Å². The van der Waals surface area contributed by atoms with Crippen molar-refractivity contribution in [2.45, 2.75) is 20.0 Å². The van der Waals surface area contributed by atoms with Crippen molar-refractivity contribution >= 4 is 17.3 Å². The topological polar surface area (TPSA) is 58.8 Å². The van der Waals surface area contributed by atoms with Crippen LogP contribution in [0.15, 0.2) is 18.2 Å². The number of hydrogen-bond acceptors (Lipinski definition) is 4. The molecule has 1 amide bonds. The highest BCUT2D eigenvalue weighted by molar-refractivity contribution is 6.03. The largest absolute Gasteiger partial charge is 0.478 e. The number of amides is 1. The van der Waals surface area contributed by atoms with Crippen molar-refractivity contribution in [1.82, 2.24) is 4.90 Å². The lowest BCUT2D eigenvalue weighted by Gasteiger charge is -2.37. The summed E-state index contributed by atoms with van der Waals surface area (Å²) in [5, 5.41) is 0. The Hall–Kier alpha value is -1.75. The number of anilines is 2. The summed E-state index contributed by atoms with van der Waals surface area (Å²) in [4.78, 5) is 16.4. The summed E-state index contributed by atoms with van der Waals surface area (Å²) >= 11 is 0. The molecule has 1 aliphatic heterocycles. The summed E-state index contributed by atoms with van der Waals surface area (Å²) in [6, 6.07) is 5.52. The number of para-hydroxylation sites is 1. The third-order valence-corrected chi connectivity index (χ3v) is 3.44. The first kappa shape index (κ1) is 14.7. The van der Waals surface area contributed by atoms with E-state index in [0.29, 0.717) is 23.7 Å². The first-order valence-electron chi connectivity index (χ1n) is 6.93. The average molecular weight is 277 g/mol. The van der Waals surface area contributed by atoms with Gasteiger partial charge in [0, 0.05) is 13.1 Å². The molecule has 20 heavy (non-hydrogen) atoms. The van der Waals surface area contributed by atoms with Crippen LogP contribution in [0.3, 0.4) is 0 Å². The molecule has 0 saturated carbocycles. The van der Waals surface area contributed by atoms with Crippen LogP contribution >= 0.6 is 0 Å². The molecule has 2 N–H and O–H groups in total. The van der Waals surface area contributed by atoms with E-state index in [0.717, 1.165) is 6.54 Å². The lowest BCUT2D eigenvalue weighted by molar-refractivity contribution is -0.128. The molecule has 0 bridgehead atoms. The van der Waals surface area contributed by atoms with Crippen LogP contribution in [0.1, 0.15) is 13.8 Å². The number of likely N-dealkylation sites (N-methyl/N-ethyl adjacent to an activating group) is 1. The number of ether oxygens (including phenoxy) is 1. The zero-order chi connectivity index (χ0) is 14.9. The molecule has 0 aromatic heterocycles. The van der Waals surface area contributed by atoms with Gasteiger partial charge in [-0.25, -0.2) is 0 Å².